The Labute approximate surface area is 205 Å². The summed E-state index contributed by atoms with van der Waals surface area (Å²) in [7, 11) is 2.22. The molecule has 0 saturated carbocycles. The number of aryl methyl sites for hydroxylation is 1. The second-order valence-corrected chi connectivity index (χ2v) is 9.81. The van der Waals surface area contributed by atoms with Gasteiger partial charge in [0.15, 0.2) is 23.0 Å². The van der Waals surface area contributed by atoms with E-state index in [0.29, 0.717) is 40.7 Å². The molecule has 0 amide bonds. The fourth-order valence-corrected chi connectivity index (χ4v) is 5.55. The molecule has 3 aromatic rings. The molecule has 0 aromatic heterocycles. The second-order valence-electron chi connectivity index (χ2n) is 8.01. The molecule has 1 aliphatic rings. The number of sulfonamides is 1. The van der Waals surface area contributed by atoms with E-state index in [4.69, 9.17) is 18.9 Å². The van der Waals surface area contributed by atoms with E-state index in [2.05, 4.69) is 5.10 Å². The highest BCUT2D eigenvalue weighted by molar-refractivity contribution is 7.89. The lowest BCUT2D eigenvalue weighted by molar-refractivity contribution is 0.328. The van der Waals surface area contributed by atoms with E-state index in [1.807, 2.05) is 25.1 Å². The summed E-state index contributed by atoms with van der Waals surface area (Å²) in [4.78, 5) is 0.160. The highest BCUT2D eigenvalue weighted by Crippen LogP contribution is 2.44. The van der Waals surface area contributed by atoms with E-state index in [9.17, 15) is 8.42 Å². The molecule has 8 nitrogen and oxygen atoms in total. The zero-order valence-corrected chi connectivity index (χ0v) is 21.1. The van der Waals surface area contributed by atoms with E-state index in [0.717, 1.165) is 11.1 Å². The van der Waals surface area contributed by atoms with Gasteiger partial charge in [0.25, 0.3) is 10.0 Å². The first-order valence-electron chi connectivity index (χ1n) is 11.0. The lowest BCUT2D eigenvalue weighted by Gasteiger charge is -2.25. The van der Waals surface area contributed by atoms with Crippen molar-refractivity contribution in [2.24, 2.45) is 5.10 Å². The monoisotopic (exact) mass is 496 g/mol. The Morgan fingerprint density at radius 1 is 0.829 bits per heavy atom. The first-order valence-corrected chi connectivity index (χ1v) is 12.4. The van der Waals surface area contributed by atoms with E-state index in [-0.39, 0.29) is 4.90 Å². The maximum Gasteiger partial charge on any atom is 0.279 e. The van der Waals surface area contributed by atoms with Crippen molar-refractivity contribution in [1.82, 2.24) is 4.41 Å². The van der Waals surface area contributed by atoms with Crippen LogP contribution in [0.1, 0.15) is 29.2 Å². The van der Waals surface area contributed by atoms with Crippen LogP contribution in [0.15, 0.2) is 70.7 Å². The quantitative estimate of drug-likeness (QED) is 0.454. The number of ether oxygens (including phenoxy) is 4. The van der Waals surface area contributed by atoms with E-state index in [1.54, 1.807) is 63.8 Å². The SMILES string of the molecule is COc1ccc(C2=NN(S(=O)(=O)c3ccc(C)cc3)[C@@H](c3cccc(OC)c3OC)C2)cc1OC. The Hall–Kier alpha value is -3.72. The van der Waals surface area contributed by atoms with Gasteiger partial charge in [0.1, 0.15) is 0 Å². The summed E-state index contributed by atoms with van der Waals surface area (Å²) in [6.07, 6.45) is 0.324. The molecule has 0 radical (unpaired) electrons. The smallest absolute Gasteiger partial charge is 0.279 e. The van der Waals surface area contributed by atoms with Crippen LogP contribution in [-0.4, -0.2) is 47.0 Å². The summed E-state index contributed by atoms with van der Waals surface area (Å²) in [5.74, 6) is 2.08. The summed E-state index contributed by atoms with van der Waals surface area (Å²) in [6.45, 7) is 1.91. The van der Waals surface area contributed by atoms with Gasteiger partial charge in [-0.3, -0.25) is 0 Å². The topological polar surface area (TPSA) is 86.7 Å². The van der Waals surface area contributed by atoms with E-state index >= 15 is 0 Å². The molecule has 0 N–H and O–H groups in total. The lowest BCUT2D eigenvalue weighted by Crippen LogP contribution is -2.27. The number of nitrogens with zero attached hydrogens (tertiary/aromatic N) is 2. The molecule has 9 heteroatoms. The molecular weight excluding hydrogens is 468 g/mol. The van der Waals surface area contributed by atoms with Crippen LogP contribution < -0.4 is 18.9 Å². The average molecular weight is 497 g/mol. The van der Waals surface area contributed by atoms with Gasteiger partial charge in [-0.1, -0.05) is 29.8 Å². The number of hydrazone groups is 1. The van der Waals surface area contributed by atoms with Gasteiger partial charge in [-0.2, -0.15) is 17.9 Å². The summed E-state index contributed by atoms with van der Waals surface area (Å²) < 4.78 is 50.6. The summed E-state index contributed by atoms with van der Waals surface area (Å²) in [5.41, 5.74) is 2.94. The fraction of sp³-hybridized carbons (Fsp3) is 0.269. The third-order valence-electron chi connectivity index (χ3n) is 5.95. The first-order chi connectivity index (χ1) is 16.8. The first kappa shape index (κ1) is 24.4. The Kier molecular flexibility index (Phi) is 6.88. The van der Waals surface area contributed by atoms with Crippen LogP contribution in [0.25, 0.3) is 0 Å². The van der Waals surface area contributed by atoms with Crippen LogP contribution in [0, 0.1) is 6.92 Å². The van der Waals surface area contributed by atoms with Crippen LogP contribution in [0.5, 0.6) is 23.0 Å². The molecule has 35 heavy (non-hydrogen) atoms. The maximum atomic E-state index is 13.8. The molecule has 1 atom stereocenters. The van der Waals surface area contributed by atoms with Gasteiger partial charge in [0.05, 0.1) is 45.1 Å². The highest BCUT2D eigenvalue weighted by Gasteiger charge is 2.39. The van der Waals surface area contributed by atoms with E-state index < -0.39 is 16.1 Å². The van der Waals surface area contributed by atoms with Crippen LogP contribution in [-0.2, 0) is 10.0 Å². The van der Waals surface area contributed by atoms with Gasteiger partial charge in [-0.25, -0.2) is 0 Å². The van der Waals surface area contributed by atoms with Crippen molar-refractivity contribution in [2.45, 2.75) is 24.3 Å². The molecule has 0 unspecified atom stereocenters. The zero-order valence-electron chi connectivity index (χ0n) is 20.3. The number of rotatable bonds is 8. The van der Waals surface area contributed by atoms with Gasteiger partial charge >= 0.3 is 0 Å². The van der Waals surface area contributed by atoms with E-state index in [1.165, 1.54) is 11.5 Å². The van der Waals surface area contributed by atoms with Crippen LogP contribution in [0.4, 0.5) is 0 Å². The Balaban J connectivity index is 1.86. The van der Waals surface area contributed by atoms with Crippen molar-refractivity contribution < 1.29 is 27.4 Å². The number of benzene rings is 3. The standard InChI is InChI=1S/C26H28N2O6S/c1-17-9-12-19(13-10-17)35(29,30)28-22(20-7-6-8-24(32-3)26(20)34-5)16-21(27-28)18-11-14-23(31-2)25(15-18)33-4/h6-15,22H,16H2,1-5H3/t22-/m1/s1. The minimum atomic E-state index is -3.97. The molecule has 184 valence electrons. The number of para-hydroxylation sites is 1. The number of methoxy groups -OCH3 is 4. The molecule has 0 bridgehead atoms. The summed E-state index contributed by atoms with van der Waals surface area (Å²) >= 11 is 0. The molecule has 1 aliphatic heterocycles. The van der Waals surface area contributed by atoms with Crippen molar-refractivity contribution in [3.63, 3.8) is 0 Å². The minimum absolute atomic E-state index is 0.160. The van der Waals surface area contributed by atoms with Crippen LogP contribution in [0.3, 0.4) is 0 Å². The van der Waals surface area contributed by atoms with Gasteiger partial charge in [0.2, 0.25) is 0 Å². The molecule has 0 aliphatic carbocycles. The molecule has 1 heterocycles. The Morgan fingerprint density at radius 2 is 1.51 bits per heavy atom. The molecule has 0 saturated heterocycles. The molecular formula is C26H28N2O6S. The van der Waals surface area contributed by atoms with Crippen molar-refractivity contribution in [3.05, 3.63) is 77.4 Å². The van der Waals surface area contributed by atoms with Gasteiger partial charge in [0, 0.05) is 17.5 Å². The second kappa shape index (κ2) is 9.87. The van der Waals surface area contributed by atoms with Crippen LogP contribution in [0.2, 0.25) is 0 Å². The largest absolute Gasteiger partial charge is 0.493 e. The van der Waals surface area contributed by atoms with Crippen molar-refractivity contribution in [1.29, 1.82) is 0 Å². The predicted molar refractivity (Wildman–Crippen MR) is 133 cm³/mol. The predicted octanol–water partition coefficient (Wildman–Crippen LogP) is 4.57. The fourth-order valence-electron chi connectivity index (χ4n) is 4.12. The van der Waals surface area contributed by atoms with Gasteiger partial charge in [-0.15, -0.1) is 0 Å². The van der Waals surface area contributed by atoms with Crippen molar-refractivity contribution in [2.75, 3.05) is 28.4 Å². The molecule has 4 rings (SSSR count). The minimum Gasteiger partial charge on any atom is -0.493 e. The van der Waals surface area contributed by atoms with Crippen LogP contribution >= 0.6 is 0 Å². The molecule has 0 spiro atoms. The van der Waals surface area contributed by atoms with Gasteiger partial charge in [-0.05, 0) is 43.3 Å². The molecule has 0 fully saturated rings. The summed E-state index contributed by atoms with van der Waals surface area (Å²) in [5, 5.41) is 4.62. The normalized spacial score (nSPS) is 15.5. The lowest BCUT2D eigenvalue weighted by atomic mass is 9.98. The zero-order chi connectivity index (χ0) is 25.2. The third-order valence-corrected chi connectivity index (χ3v) is 7.64. The number of hydrogen-bond donors (Lipinski definition) is 0. The summed E-state index contributed by atoms with van der Waals surface area (Å²) in [6, 6.07) is 16.9. The number of hydrogen-bond acceptors (Lipinski definition) is 7. The Morgan fingerprint density at radius 3 is 2.14 bits per heavy atom. The van der Waals surface area contributed by atoms with Crippen molar-refractivity contribution in [3.8, 4) is 23.0 Å². The Bertz CT molecular complexity index is 1350. The average Bonchev–Trinajstić information content (AvgIpc) is 3.34. The maximum absolute atomic E-state index is 13.8. The highest BCUT2D eigenvalue weighted by atomic mass is 32.2. The van der Waals surface area contributed by atoms with Crippen molar-refractivity contribution >= 4 is 15.7 Å². The van der Waals surface area contributed by atoms with Gasteiger partial charge < -0.3 is 18.9 Å². The molecule has 3 aromatic carbocycles. The third kappa shape index (κ3) is 4.51.